The maximum atomic E-state index is 12.7. The van der Waals surface area contributed by atoms with Gasteiger partial charge in [0.15, 0.2) is 0 Å². The molecule has 0 saturated carbocycles. The predicted octanol–water partition coefficient (Wildman–Crippen LogP) is 3.67. The zero-order chi connectivity index (χ0) is 20.5. The van der Waals surface area contributed by atoms with Crippen LogP contribution >= 0.6 is 0 Å². The Bertz CT molecular complexity index is 1140. The first-order chi connectivity index (χ1) is 13.1. The number of hydrogen-bond donors (Lipinski definition) is 2. The molecule has 0 aliphatic carbocycles. The Morgan fingerprint density at radius 1 is 1.11 bits per heavy atom. The molecule has 0 aliphatic heterocycles. The van der Waals surface area contributed by atoms with Gasteiger partial charge in [0.1, 0.15) is 5.58 Å². The Balaban J connectivity index is 1.70. The SMILES string of the molecule is O=C(O)c1cc2cc(CCNS(=O)(=O)c3cccc(C(F)(F)F)c3)ccc2o1. The molecule has 0 amide bonds. The minimum absolute atomic E-state index is 0.0479. The summed E-state index contributed by atoms with van der Waals surface area (Å²) < 4.78 is 70.1. The fraction of sp³-hybridized carbons (Fsp3) is 0.167. The number of hydrogen-bond acceptors (Lipinski definition) is 4. The molecule has 1 heterocycles. The molecular weight excluding hydrogens is 399 g/mol. The maximum absolute atomic E-state index is 12.7. The third kappa shape index (κ3) is 4.34. The summed E-state index contributed by atoms with van der Waals surface area (Å²) in [5, 5.41) is 9.47. The molecule has 1 aromatic heterocycles. The first kappa shape index (κ1) is 19.9. The van der Waals surface area contributed by atoms with E-state index in [0.29, 0.717) is 22.6 Å². The van der Waals surface area contributed by atoms with Crippen molar-refractivity contribution >= 4 is 27.0 Å². The summed E-state index contributed by atoms with van der Waals surface area (Å²) in [5.74, 6) is -1.41. The van der Waals surface area contributed by atoms with Gasteiger partial charge < -0.3 is 9.52 Å². The summed E-state index contributed by atoms with van der Waals surface area (Å²) in [4.78, 5) is 10.4. The lowest BCUT2D eigenvalue weighted by Gasteiger charge is -2.10. The molecule has 2 N–H and O–H groups in total. The van der Waals surface area contributed by atoms with Gasteiger partial charge in [0.2, 0.25) is 15.8 Å². The molecule has 0 atom stereocenters. The maximum Gasteiger partial charge on any atom is 0.416 e. The highest BCUT2D eigenvalue weighted by molar-refractivity contribution is 7.89. The Morgan fingerprint density at radius 2 is 1.86 bits per heavy atom. The number of aromatic carboxylic acids is 1. The van der Waals surface area contributed by atoms with Crippen LogP contribution in [0.2, 0.25) is 0 Å². The average molecular weight is 413 g/mol. The van der Waals surface area contributed by atoms with Crippen molar-refractivity contribution in [2.45, 2.75) is 17.5 Å². The van der Waals surface area contributed by atoms with Gasteiger partial charge in [-0.2, -0.15) is 13.2 Å². The summed E-state index contributed by atoms with van der Waals surface area (Å²) in [6.45, 7) is -0.0479. The summed E-state index contributed by atoms with van der Waals surface area (Å²) >= 11 is 0. The number of carboxylic acid groups (broad SMARTS) is 1. The number of alkyl halides is 3. The lowest BCUT2D eigenvalue weighted by Crippen LogP contribution is -2.26. The van der Waals surface area contributed by atoms with E-state index in [-0.39, 0.29) is 18.7 Å². The molecule has 0 saturated heterocycles. The van der Waals surface area contributed by atoms with Crippen molar-refractivity contribution in [3.05, 3.63) is 65.4 Å². The van der Waals surface area contributed by atoms with Crippen molar-refractivity contribution in [2.24, 2.45) is 0 Å². The summed E-state index contributed by atoms with van der Waals surface area (Å²) in [5.41, 5.74) is 0.0395. The Labute approximate surface area is 157 Å². The molecule has 0 fully saturated rings. The van der Waals surface area contributed by atoms with Crippen LogP contribution in [0.4, 0.5) is 13.2 Å². The van der Waals surface area contributed by atoms with Crippen molar-refractivity contribution in [1.29, 1.82) is 0 Å². The molecule has 0 bridgehead atoms. The van der Waals surface area contributed by atoms with Gasteiger partial charge in [-0.3, -0.25) is 0 Å². The van der Waals surface area contributed by atoms with Crippen LogP contribution in [0.5, 0.6) is 0 Å². The van der Waals surface area contributed by atoms with E-state index in [1.807, 2.05) is 0 Å². The van der Waals surface area contributed by atoms with Crippen LogP contribution in [-0.2, 0) is 22.6 Å². The van der Waals surface area contributed by atoms with Crippen LogP contribution in [0.15, 0.2) is 57.8 Å². The minimum Gasteiger partial charge on any atom is -0.475 e. The number of benzene rings is 2. The van der Waals surface area contributed by atoms with Crippen LogP contribution < -0.4 is 4.72 Å². The van der Waals surface area contributed by atoms with Crippen molar-refractivity contribution in [3.63, 3.8) is 0 Å². The van der Waals surface area contributed by atoms with Gasteiger partial charge in [0.25, 0.3) is 0 Å². The second-order valence-corrected chi connectivity index (χ2v) is 7.73. The fourth-order valence-electron chi connectivity index (χ4n) is 2.61. The van der Waals surface area contributed by atoms with Gasteiger partial charge >= 0.3 is 12.1 Å². The van der Waals surface area contributed by atoms with E-state index in [9.17, 15) is 26.4 Å². The Morgan fingerprint density at radius 3 is 2.54 bits per heavy atom. The number of nitrogens with one attached hydrogen (secondary N) is 1. The van der Waals surface area contributed by atoms with E-state index in [0.717, 1.165) is 18.2 Å². The first-order valence-corrected chi connectivity index (χ1v) is 9.47. The highest BCUT2D eigenvalue weighted by Gasteiger charge is 2.31. The second kappa shape index (κ2) is 7.28. The normalized spacial score (nSPS) is 12.4. The van der Waals surface area contributed by atoms with E-state index in [1.54, 1.807) is 18.2 Å². The molecule has 148 valence electrons. The van der Waals surface area contributed by atoms with Crippen LogP contribution in [-0.4, -0.2) is 26.0 Å². The van der Waals surface area contributed by atoms with Crippen LogP contribution in [0.3, 0.4) is 0 Å². The van der Waals surface area contributed by atoms with E-state index in [1.165, 1.54) is 6.07 Å². The van der Waals surface area contributed by atoms with E-state index < -0.39 is 32.6 Å². The minimum atomic E-state index is -4.64. The number of carbonyl (C=O) groups is 1. The Hall–Kier alpha value is -2.85. The molecule has 28 heavy (non-hydrogen) atoms. The van der Waals surface area contributed by atoms with Gasteiger partial charge in [0.05, 0.1) is 10.5 Å². The zero-order valence-corrected chi connectivity index (χ0v) is 15.0. The molecule has 0 unspecified atom stereocenters. The van der Waals surface area contributed by atoms with Gasteiger partial charge in [-0.25, -0.2) is 17.9 Å². The molecule has 6 nitrogen and oxygen atoms in total. The molecule has 0 aliphatic rings. The zero-order valence-electron chi connectivity index (χ0n) is 14.2. The van der Waals surface area contributed by atoms with E-state index in [2.05, 4.69) is 4.72 Å². The van der Waals surface area contributed by atoms with Crippen LogP contribution in [0.1, 0.15) is 21.7 Å². The Kier molecular flexibility index (Phi) is 5.18. The highest BCUT2D eigenvalue weighted by atomic mass is 32.2. The lowest BCUT2D eigenvalue weighted by molar-refractivity contribution is -0.137. The third-order valence-corrected chi connectivity index (χ3v) is 5.43. The van der Waals surface area contributed by atoms with Crippen molar-refractivity contribution in [2.75, 3.05) is 6.54 Å². The van der Waals surface area contributed by atoms with Gasteiger partial charge in [-0.1, -0.05) is 12.1 Å². The highest BCUT2D eigenvalue weighted by Crippen LogP contribution is 2.30. The summed E-state index contributed by atoms with van der Waals surface area (Å²) in [7, 11) is -4.11. The molecular formula is C18H14F3NO5S. The van der Waals surface area contributed by atoms with E-state index in [4.69, 9.17) is 9.52 Å². The lowest BCUT2D eigenvalue weighted by atomic mass is 10.1. The molecule has 0 radical (unpaired) electrons. The second-order valence-electron chi connectivity index (χ2n) is 5.96. The summed E-state index contributed by atoms with van der Waals surface area (Å²) in [6, 6.07) is 9.72. The monoisotopic (exact) mass is 413 g/mol. The molecule has 2 aromatic carbocycles. The molecule has 3 aromatic rings. The van der Waals surface area contributed by atoms with Crippen molar-refractivity contribution in [1.82, 2.24) is 4.72 Å². The number of furan rings is 1. The van der Waals surface area contributed by atoms with Gasteiger partial charge in [-0.05, 0) is 48.4 Å². The van der Waals surface area contributed by atoms with Crippen molar-refractivity contribution in [3.8, 4) is 0 Å². The number of fused-ring (bicyclic) bond motifs is 1. The van der Waals surface area contributed by atoms with Gasteiger partial charge in [0, 0.05) is 11.9 Å². The molecule has 3 rings (SSSR count). The van der Waals surface area contributed by atoms with E-state index >= 15 is 0 Å². The number of halogens is 3. The first-order valence-electron chi connectivity index (χ1n) is 7.99. The predicted molar refractivity (Wildman–Crippen MR) is 93.5 cm³/mol. The smallest absolute Gasteiger partial charge is 0.416 e. The van der Waals surface area contributed by atoms with Crippen LogP contribution in [0.25, 0.3) is 11.0 Å². The molecule has 0 spiro atoms. The topological polar surface area (TPSA) is 96.6 Å². The van der Waals surface area contributed by atoms with Crippen LogP contribution in [0, 0.1) is 0 Å². The third-order valence-electron chi connectivity index (χ3n) is 3.97. The number of rotatable bonds is 6. The number of sulfonamides is 1. The average Bonchev–Trinajstić information content (AvgIpc) is 3.05. The van der Waals surface area contributed by atoms with Gasteiger partial charge in [-0.15, -0.1) is 0 Å². The fourth-order valence-corrected chi connectivity index (χ4v) is 3.68. The molecule has 10 heteroatoms. The summed E-state index contributed by atoms with van der Waals surface area (Å²) in [6.07, 6.45) is -4.39. The standard InChI is InChI=1S/C18H14F3NO5S/c19-18(20,21)13-2-1-3-14(10-13)28(25,26)22-7-6-11-4-5-15-12(8-11)9-16(27-15)17(23)24/h1-5,8-10,22H,6-7H2,(H,23,24). The van der Waals surface area contributed by atoms with Crippen molar-refractivity contribution < 1.29 is 35.9 Å². The largest absolute Gasteiger partial charge is 0.475 e. The number of carboxylic acids is 1. The quantitative estimate of drug-likeness (QED) is 0.643.